The number of aromatic nitrogens is 2. The van der Waals surface area contributed by atoms with E-state index in [1.807, 2.05) is 17.9 Å². The Kier molecular flexibility index (Phi) is 5.53. The van der Waals surface area contributed by atoms with Crippen molar-refractivity contribution in [3.05, 3.63) is 23.0 Å². The number of carbonyl (C=O) groups excluding carboxylic acids is 1. The molecule has 1 N–H and O–H groups in total. The molecule has 1 amide bonds. The van der Waals surface area contributed by atoms with E-state index in [1.54, 1.807) is 0 Å². The zero-order valence-electron chi connectivity index (χ0n) is 15.6. The Labute approximate surface area is 160 Å². The van der Waals surface area contributed by atoms with Crippen LogP contribution >= 0.6 is 12.4 Å². The topological polar surface area (TPSA) is 71.3 Å². The van der Waals surface area contributed by atoms with Crippen molar-refractivity contribution in [2.75, 3.05) is 26.2 Å². The number of hydrogen-bond acceptors (Lipinski definition) is 5. The van der Waals surface area contributed by atoms with Gasteiger partial charge in [-0.05, 0) is 56.7 Å². The minimum atomic E-state index is 0. The van der Waals surface area contributed by atoms with Gasteiger partial charge in [-0.1, -0.05) is 19.0 Å². The van der Waals surface area contributed by atoms with E-state index < -0.39 is 0 Å². The van der Waals surface area contributed by atoms with Crippen molar-refractivity contribution in [3.8, 4) is 0 Å². The molecule has 2 fully saturated rings. The minimum Gasteiger partial charge on any atom is -0.339 e. The Bertz CT molecular complexity index is 790. The van der Waals surface area contributed by atoms with Gasteiger partial charge in [-0.2, -0.15) is 0 Å². The summed E-state index contributed by atoms with van der Waals surface area (Å²) in [4.78, 5) is 19.9. The Morgan fingerprint density at radius 1 is 1.27 bits per heavy atom. The van der Waals surface area contributed by atoms with Gasteiger partial charge in [-0.3, -0.25) is 4.79 Å². The van der Waals surface area contributed by atoms with E-state index >= 15 is 0 Å². The number of halogens is 1. The quantitative estimate of drug-likeness (QED) is 0.869. The summed E-state index contributed by atoms with van der Waals surface area (Å²) in [6.45, 7) is 9.86. The van der Waals surface area contributed by atoms with Crippen LogP contribution in [0.25, 0.3) is 11.1 Å². The summed E-state index contributed by atoms with van der Waals surface area (Å²) in [5.41, 5.74) is 2.78. The smallest absolute Gasteiger partial charge is 0.259 e. The summed E-state index contributed by atoms with van der Waals surface area (Å²) in [7, 11) is 0. The summed E-state index contributed by atoms with van der Waals surface area (Å²) >= 11 is 0. The van der Waals surface area contributed by atoms with Gasteiger partial charge in [0.05, 0.1) is 16.6 Å². The third-order valence-corrected chi connectivity index (χ3v) is 5.77. The van der Waals surface area contributed by atoms with Gasteiger partial charge in [0.2, 0.25) is 0 Å². The maximum Gasteiger partial charge on any atom is 0.259 e. The molecule has 0 bridgehead atoms. The van der Waals surface area contributed by atoms with Crippen LogP contribution in [0.3, 0.4) is 0 Å². The Morgan fingerprint density at radius 2 is 1.92 bits per heavy atom. The normalized spacial score (nSPS) is 23.0. The Balaban J connectivity index is 0.00000196. The van der Waals surface area contributed by atoms with Crippen LogP contribution in [0.15, 0.2) is 10.6 Å². The average Bonchev–Trinajstić information content (AvgIpc) is 3.15. The summed E-state index contributed by atoms with van der Waals surface area (Å²) in [5, 5.41) is 8.28. The van der Waals surface area contributed by atoms with Gasteiger partial charge in [0.25, 0.3) is 11.6 Å². The van der Waals surface area contributed by atoms with Gasteiger partial charge in [0.15, 0.2) is 0 Å². The zero-order chi connectivity index (χ0) is 17.6. The monoisotopic (exact) mass is 378 g/mol. The number of hydrogen-bond donors (Lipinski definition) is 1. The molecule has 26 heavy (non-hydrogen) atoms. The molecule has 0 aliphatic carbocycles. The zero-order valence-corrected chi connectivity index (χ0v) is 16.4. The van der Waals surface area contributed by atoms with Crippen molar-refractivity contribution in [1.29, 1.82) is 0 Å². The van der Waals surface area contributed by atoms with Crippen molar-refractivity contribution in [2.24, 2.45) is 11.8 Å². The highest BCUT2D eigenvalue weighted by Crippen LogP contribution is 2.30. The van der Waals surface area contributed by atoms with Crippen molar-refractivity contribution in [3.63, 3.8) is 0 Å². The SMILES string of the molecule is Cc1noc2nc(C(C)C)cc(C(=O)N3CC[C@@H]4CNC[C@@H]4CC3)c12.Cl. The molecule has 7 heteroatoms. The average molecular weight is 379 g/mol. The van der Waals surface area contributed by atoms with Crippen LogP contribution in [0.4, 0.5) is 0 Å². The van der Waals surface area contributed by atoms with E-state index in [1.165, 1.54) is 0 Å². The highest BCUT2D eigenvalue weighted by molar-refractivity contribution is 6.06. The number of amides is 1. The third kappa shape index (κ3) is 3.32. The number of fused-ring (bicyclic) bond motifs is 2. The molecule has 0 radical (unpaired) electrons. The van der Waals surface area contributed by atoms with Crippen LogP contribution in [0.5, 0.6) is 0 Å². The number of nitrogens with zero attached hydrogens (tertiary/aromatic N) is 3. The number of carbonyl (C=O) groups is 1. The Morgan fingerprint density at radius 3 is 2.54 bits per heavy atom. The standard InChI is InChI=1S/C19H26N4O2.ClH/c1-11(2)16-8-15(17-12(3)22-25-18(17)21-16)19(24)23-6-4-13-9-20-10-14(13)5-7-23;/h8,11,13-14,20H,4-7,9-10H2,1-3H3;1H/t13-,14+;. The van der Waals surface area contributed by atoms with Gasteiger partial charge >= 0.3 is 0 Å². The predicted molar refractivity (Wildman–Crippen MR) is 103 cm³/mol. The van der Waals surface area contributed by atoms with E-state index in [0.717, 1.165) is 55.8 Å². The van der Waals surface area contributed by atoms with Gasteiger partial charge in [-0.15, -0.1) is 12.4 Å². The highest BCUT2D eigenvalue weighted by atomic mass is 35.5. The van der Waals surface area contributed by atoms with Gasteiger partial charge in [0.1, 0.15) is 0 Å². The number of rotatable bonds is 2. The molecule has 2 aliphatic rings. The number of nitrogens with one attached hydrogen (secondary N) is 1. The first-order chi connectivity index (χ1) is 12.0. The van der Waals surface area contributed by atoms with Crippen molar-refractivity contribution in [2.45, 2.75) is 39.5 Å². The highest BCUT2D eigenvalue weighted by Gasteiger charge is 2.32. The molecule has 0 unspecified atom stereocenters. The van der Waals surface area contributed by atoms with E-state index in [0.29, 0.717) is 23.1 Å². The van der Waals surface area contributed by atoms with Crippen LogP contribution < -0.4 is 5.32 Å². The van der Waals surface area contributed by atoms with Gasteiger partial charge in [-0.25, -0.2) is 4.98 Å². The molecule has 2 aliphatic heterocycles. The lowest BCUT2D eigenvalue weighted by molar-refractivity contribution is 0.0760. The molecule has 0 saturated carbocycles. The second-order valence-corrected chi connectivity index (χ2v) is 7.75. The van der Waals surface area contributed by atoms with Crippen molar-refractivity contribution < 1.29 is 9.32 Å². The minimum absolute atomic E-state index is 0. The van der Waals surface area contributed by atoms with Crippen molar-refractivity contribution >= 4 is 29.4 Å². The molecule has 4 heterocycles. The maximum atomic E-state index is 13.3. The molecular formula is C19H27ClN4O2. The molecule has 0 aromatic carbocycles. The van der Waals surface area contributed by atoms with Crippen LogP contribution in [-0.2, 0) is 0 Å². The first kappa shape index (κ1) is 19.1. The lowest BCUT2D eigenvalue weighted by atomic mass is 9.92. The predicted octanol–water partition coefficient (Wildman–Crippen LogP) is 3.15. The molecule has 2 atom stereocenters. The number of aryl methyl sites for hydroxylation is 1. The molecule has 2 aromatic rings. The first-order valence-electron chi connectivity index (χ1n) is 9.31. The molecule has 2 saturated heterocycles. The van der Waals surface area contributed by atoms with Crippen LogP contribution in [0, 0.1) is 18.8 Å². The fourth-order valence-electron chi connectivity index (χ4n) is 4.17. The van der Waals surface area contributed by atoms with Crippen LogP contribution in [0.2, 0.25) is 0 Å². The first-order valence-corrected chi connectivity index (χ1v) is 9.31. The summed E-state index contributed by atoms with van der Waals surface area (Å²) in [6, 6.07) is 1.94. The fraction of sp³-hybridized carbons (Fsp3) is 0.632. The fourth-order valence-corrected chi connectivity index (χ4v) is 4.17. The maximum absolute atomic E-state index is 13.3. The van der Waals surface area contributed by atoms with Crippen molar-refractivity contribution in [1.82, 2.24) is 20.4 Å². The second kappa shape index (κ2) is 7.53. The molecule has 142 valence electrons. The van der Waals surface area contributed by atoms with E-state index in [2.05, 4.69) is 29.3 Å². The lowest BCUT2D eigenvalue weighted by Gasteiger charge is -2.22. The van der Waals surface area contributed by atoms with Gasteiger partial charge < -0.3 is 14.7 Å². The number of likely N-dealkylation sites (tertiary alicyclic amines) is 1. The third-order valence-electron chi connectivity index (χ3n) is 5.77. The van der Waals surface area contributed by atoms with Crippen LogP contribution in [-0.4, -0.2) is 47.1 Å². The number of pyridine rings is 1. The van der Waals surface area contributed by atoms with E-state index in [9.17, 15) is 4.79 Å². The molecule has 2 aromatic heterocycles. The summed E-state index contributed by atoms with van der Waals surface area (Å²) in [5.74, 6) is 1.74. The van der Waals surface area contributed by atoms with Gasteiger partial charge in [0, 0.05) is 18.8 Å². The second-order valence-electron chi connectivity index (χ2n) is 7.75. The lowest BCUT2D eigenvalue weighted by Crippen LogP contribution is -2.33. The Hall–Kier alpha value is -1.66. The van der Waals surface area contributed by atoms with E-state index in [4.69, 9.17) is 4.52 Å². The summed E-state index contributed by atoms with van der Waals surface area (Å²) < 4.78 is 5.36. The molecule has 6 nitrogen and oxygen atoms in total. The molecule has 0 spiro atoms. The molecular weight excluding hydrogens is 352 g/mol. The molecule has 4 rings (SSSR count). The summed E-state index contributed by atoms with van der Waals surface area (Å²) in [6.07, 6.45) is 2.16. The van der Waals surface area contributed by atoms with Crippen LogP contribution in [0.1, 0.15) is 54.4 Å². The largest absolute Gasteiger partial charge is 0.339 e. The van der Waals surface area contributed by atoms with E-state index in [-0.39, 0.29) is 24.2 Å².